The summed E-state index contributed by atoms with van der Waals surface area (Å²) in [5.41, 5.74) is 5.92. The van der Waals surface area contributed by atoms with E-state index in [4.69, 9.17) is 5.73 Å². The molecule has 0 spiro atoms. The number of aromatic amines is 1. The fraction of sp³-hybridized carbons (Fsp3) is 0. The van der Waals surface area contributed by atoms with Crippen LogP contribution in [0.1, 0.15) is 10.4 Å². The molecular weight excluding hydrogens is 180 g/mol. The zero-order valence-corrected chi connectivity index (χ0v) is 7.28. The number of fused-ring (bicyclic) bond motifs is 1. The van der Waals surface area contributed by atoms with Crippen molar-refractivity contribution in [1.29, 1.82) is 0 Å². The molecule has 2 rings (SSSR count). The molecule has 0 unspecified atom stereocenters. The summed E-state index contributed by atoms with van der Waals surface area (Å²) < 4.78 is 0. The van der Waals surface area contributed by atoms with Gasteiger partial charge in [0, 0.05) is 17.1 Å². The Hall–Kier alpha value is -2.10. The van der Waals surface area contributed by atoms with Crippen LogP contribution in [0.15, 0.2) is 35.1 Å². The number of pyridine rings is 1. The molecule has 0 aliphatic carbocycles. The first-order chi connectivity index (χ1) is 6.66. The lowest BCUT2D eigenvalue weighted by Gasteiger charge is -1.98. The van der Waals surface area contributed by atoms with Gasteiger partial charge in [0.25, 0.3) is 0 Å². The second-order valence-corrected chi connectivity index (χ2v) is 2.99. The van der Waals surface area contributed by atoms with E-state index in [0.29, 0.717) is 11.1 Å². The lowest BCUT2D eigenvalue weighted by molar-refractivity contribution is 0.100. The van der Waals surface area contributed by atoms with Crippen molar-refractivity contribution in [3.63, 3.8) is 0 Å². The molecule has 0 fully saturated rings. The molecule has 0 saturated carbocycles. The van der Waals surface area contributed by atoms with Gasteiger partial charge in [0.05, 0.1) is 0 Å². The average Bonchev–Trinajstić information content (AvgIpc) is 2.16. The predicted octanol–water partition coefficient (Wildman–Crippen LogP) is 0.627. The van der Waals surface area contributed by atoms with Crippen LogP contribution in [0.3, 0.4) is 0 Å². The third kappa shape index (κ3) is 1.37. The normalized spacial score (nSPS) is 10.3. The van der Waals surface area contributed by atoms with E-state index in [1.807, 2.05) is 0 Å². The van der Waals surface area contributed by atoms with Crippen LogP contribution in [-0.4, -0.2) is 10.9 Å². The van der Waals surface area contributed by atoms with Gasteiger partial charge < -0.3 is 10.7 Å². The van der Waals surface area contributed by atoms with Crippen LogP contribution < -0.4 is 11.3 Å². The Labute approximate surface area is 79.4 Å². The summed E-state index contributed by atoms with van der Waals surface area (Å²) in [6.07, 6.45) is 0. The molecule has 0 radical (unpaired) electrons. The first kappa shape index (κ1) is 8.50. The van der Waals surface area contributed by atoms with Gasteiger partial charge in [-0.05, 0) is 23.6 Å². The number of hydrogen-bond acceptors (Lipinski definition) is 2. The Morgan fingerprint density at radius 2 is 1.93 bits per heavy atom. The Morgan fingerprint density at radius 1 is 1.21 bits per heavy atom. The minimum Gasteiger partial charge on any atom is -0.366 e. The van der Waals surface area contributed by atoms with Gasteiger partial charge in [-0.25, -0.2) is 0 Å². The van der Waals surface area contributed by atoms with Crippen LogP contribution in [0.5, 0.6) is 0 Å². The third-order valence-corrected chi connectivity index (χ3v) is 2.01. The standard InChI is InChI=1S/C10H8N2O2/c11-10(14)7-2-1-6-3-4-9(13)12-8(6)5-7/h1-5H,(H2,11,14)(H,12,13). The van der Waals surface area contributed by atoms with Crippen LogP contribution in [0.2, 0.25) is 0 Å². The first-order valence-electron chi connectivity index (χ1n) is 4.10. The molecule has 0 aliphatic heterocycles. The van der Waals surface area contributed by atoms with Crippen LogP contribution >= 0.6 is 0 Å². The minimum absolute atomic E-state index is 0.195. The molecule has 1 aromatic carbocycles. The summed E-state index contributed by atoms with van der Waals surface area (Å²) >= 11 is 0. The fourth-order valence-electron chi connectivity index (χ4n) is 1.30. The maximum atomic E-state index is 11.0. The zero-order chi connectivity index (χ0) is 10.1. The molecule has 4 heteroatoms. The molecule has 1 aromatic heterocycles. The maximum Gasteiger partial charge on any atom is 0.248 e. The third-order valence-electron chi connectivity index (χ3n) is 2.01. The molecule has 0 aliphatic rings. The summed E-state index contributed by atoms with van der Waals surface area (Å²) in [5.74, 6) is -0.503. The van der Waals surface area contributed by atoms with Gasteiger partial charge in [-0.2, -0.15) is 0 Å². The largest absolute Gasteiger partial charge is 0.366 e. The molecule has 1 heterocycles. The zero-order valence-electron chi connectivity index (χ0n) is 7.28. The molecule has 3 N–H and O–H groups in total. The summed E-state index contributed by atoms with van der Waals surface area (Å²) in [4.78, 5) is 24.5. The Morgan fingerprint density at radius 3 is 2.64 bits per heavy atom. The van der Waals surface area contributed by atoms with Crippen LogP contribution in [0.25, 0.3) is 10.9 Å². The monoisotopic (exact) mass is 188 g/mol. The number of H-pyrrole nitrogens is 1. The minimum atomic E-state index is -0.503. The molecule has 0 atom stereocenters. The van der Waals surface area contributed by atoms with Crippen molar-refractivity contribution in [2.75, 3.05) is 0 Å². The number of amides is 1. The van der Waals surface area contributed by atoms with Gasteiger partial charge in [0.2, 0.25) is 11.5 Å². The van der Waals surface area contributed by atoms with Crippen molar-refractivity contribution in [1.82, 2.24) is 4.98 Å². The lowest BCUT2D eigenvalue weighted by Crippen LogP contribution is -2.11. The van der Waals surface area contributed by atoms with Crippen molar-refractivity contribution in [2.24, 2.45) is 5.73 Å². The lowest BCUT2D eigenvalue weighted by atomic mass is 10.1. The summed E-state index contributed by atoms with van der Waals surface area (Å²) in [6.45, 7) is 0. The molecule has 0 saturated heterocycles. The van der Waals surface area contributed by atoms with Gasteiger partial charge in [-0.15, -0.1) is 0 Å². The van der Waals surface area contributed by atoms with Crippen molar-refractivity contribution in [3.05, 3.63) is 46.2 Å². The topological polar surface area (TPSA) is 76.0 Å². The highest BCUT2D eigenvalue weighted by molar-refractivity contribution is 5.96. The smallest absolute Gasteiger partial charge is 0.248 e. The van der Waals surface area contributed by atoms with Gasteiger partial charge in [0.15, 0.2) is 0 Å². The average molecular weight is 188 g/mol. The molecule has 1 amide bonds. The SMILES string of the molecule is NC(=O)c1ccc2ccc(=O)[nH]c2c1. The molecular formula is C10H8N2O2. The highest BCUT2D eigenvalue weighted by atomic mass is 16.1. The Balaban J connectivity index is 2.75. The van der Waals surface area contributed by atoms with Crippen LogP contribution in [-0.2, 0) is 0 Å². The van der Waals surface area contributed by atoms with Gasteiger partial charge >= 0.3 is 0 Å². The molecule has 14 heavy (non-hydrogen) atoms. The number of primary amides is 1. The van der Waals surface area contributed by atoms with E-state index in [1.165, 1.54) is 6.07 Å². The number of nitrogens with two attached hydrogens (primary N) is 1. The second kappa shape index (κ2) is 2.99. The molecule has 2 aromatic rings. The summed E-state index contributed by atoms with van der Waals surface area (Å²) in [6, 6.07) is 8.07. The molecule has 0 bridgehead atoms. The summed E-state index contributed by atoms with van der Waals surface area (Å²) in [5, 5.41) is 0.870. The quantitative estimate of drug-likeness (QED) is 0.688. The van der Waals surface area contributed by atoms with Crippen LogP contribution in [0, 0.1) is 0 Å². The fourth-order valence-corrected chi connectivity index (χ4v) is 1.30. The van der Waals surface area contributed by atoms with E-state index in [0.717, 1.165) is 5.39 Å². The number of carbonyl (C=O) groups excluding carboxylic acids is 1. The van der Waals surface area contributed by atoms with Crippen molar-refractivity contribution in [2.45, 2.75) is 0 Å². The number of benzene rings is 1. The van der Waals surface area contributed by atoms with E-state index >= 15 is 0 Å². The highest BCUT2D eigenvalue weighted by Crippen LogP contribution is 2.11. The van der Waals surface area contributed by atoms with Crippen LogP contribution in [0.4, 0.5) is 0 Å². The predicted molar refractivity (Wildman–Crippen MR) is 53.1 cm³/mol. The highest BCUT2D eigenvalue weighted by Gasteiger charge is 2.01. The van der Waals surface area contributed by atoms with Crippen molar-refractivity contribution in [3.8, 4) is 0 Å². The van der Waals surface area contributed by atoms with Gasteiger partial charge in [0.1, 0.15) is 0 Å². The second-order valence-electron chi connectivity index (χ2n) is 2.99. The number of rotatable bonds is 1. The first-order valence-corrected chi connectivity index (χ1v) is 4.10. The molecule has 4 nitrogen and oxygen atoms in total. The molecule has 70 valence electrons. The Kier molecular flexibility index (Phi) is 1.81. The van der Waals surface area contributed by atoms with E-state index in [9.17, 15) is 9.59 Å². The van der Waals surface area contributed by atoms with Crippen molar-refractivity contribution < 1.29 is 4.79 Å². The summed E-state index contributed by atoms with van der Waals surface area (Å²) in [7, 11) is 0. The van der Waals surface area contributed by atoms with Gasteiger partial charge in [-0.1, -0.05) is 6.07 Å². The Bertz CT molecular complexity index is 557. The number of carbonyl (C=O) groups is 1. The number of aromatic nitrogens is 1. The van der Waals surface area contributed by atoms with E-state index in [1.54, 1.807) is 24.3 Å². The number of nitrogens with one attached hydrogen (secondary N) is 1. The van der Waals surface area contributed by atoms with E-state index in [-0.39, 0.29) is 5.56 Å². The van der Waals surface area contributed by atoms with E-state index < -0.39 is 5.91 Å². The van der Waals surface area contributed by atoms with Crippen molar-refractivity contribution >= 4 is 16.8 Å². The van der Waals surface area contributed by atoms with Gasteiger partial charge in [-0.3, -0.25) is 9.59 Å². The maximum absolute atomic E-state index is 11.0. The number of hydrogen-bond donors (Lipinski definition) is 2. The van der Waals surface area contributed by atoms with E-state index in [2.05, 4.69) is 4.98 Å².